The molecule has 0 aliphatic heterocycles. The molecular formula is C14H11ClN6S. The molecule has 0 aliphatic carbocycles. The van der Waals surface area contributed by atoms with E-state index in [1.54, 1.807) is 4.52 Å². The van der Waals surface area contributed by atoms with Crippen LogP contribution in [0.5, 0.6) is 0 Å². The Bertz CT molecular complexity index is 982. The van der Waals surface area contributed by atoms with Crippen LogP contribution in [-0.2, 0) is 7.05 Å². The molecule has 0 saturated carbocycles. The first-order valence-corrected chi connectivity index (χ1v) is 7.81. The monoisotopic (exact) mass is 330 g/mol. The number of hydrogen-bond acceptors (Lipinski definition) is 5. The maximum atomic E-state index is 6.25. The van der Waals surface area contributed by atoms with E-state index in [0.29, 0.717) is 10.8 Å². The Labute approximate surface area is 135 Å². The Morgan fingerprint density at radius 3 is 2.68 bits per heavy atom. The minimum absolute atomic E-state index is 0.628. The predicted molar refractivity (Wildman–Crippen MR) is 86.0 cm³/mol. The van der Waals surface area contributed by atoms with Gasteiger partial charge in [0.15, 0.2) is 10.8 Å². The highest BCUT2D eigenvalue weighted by molar-refractivity contribution is 7.19. The van der Waals surface area contributed by atoms with Crippen LogP contribution in [0, 0.1) is 6.92 Å². The number of rotatable bonds is 2. The second kappa shape index (κ2) is 4.89. The van der Waals surface area contributed by atoms with Gasteiger partial charge in [0, 0.05) is 12.6 Å². The molecule has 8 heteroatoms. The second-order valence-corrected chi connectivity index (χ2v) is 6.26. The lowest BCUT2D eigenvalue weighted by Gasteiger charge is -1.99. The lowest BCUT2D eigenvalue weighted by atomic mass is 10.2. The highest BCUT2D eigenvalue weighted by Crippen LogP contribution is 2.30. The first-order valence-electron chi connectivity index (χ1n) is 6.61. The van der Waals surface area contributed by atoms with Gasteiger partial charge in [0.2, 0.25) is 4.96 Å². The van der Waals surface area contributed by atoms with Gasteiger partial charge in [-0.05, 0) is 25.1 Å². The van der Waals surface area contributed by atoms with Crippen LogP contribution in [0.3, 0.4) is 0 Å². The standard InChI is InChI=1S/C14H11ClN6S/c1-8-7-11(20(2)18-8)13-19-21-12(16-17-14(21)22-13)9-5-3-4-6-10(9)15/h3-7H,1-2H3. The minimum Gasteiger partial charge on any atom is -0.265 e. The molecule has 0 bridgehead atoms. The van der Waals surface area contributed by atoms with E-state index in [1.807, 2.05) is 49.0 Å². The van der Waals surface area contributed by atoms with Crippen molar-refractivity contribution in [1.29, 1.82) is 0 Å². The summed E-state index contributed by atoms with van der Waals surface area (Å²) >= 11 is 7.72. The van der Waals surface area contributed by atoms with Gasteiger partial charge in [-0.15, -0.1) is 10.2 Å². The van der Waals surface area contributed by atoms with Crippen LogP contribution in [0.15, 0.2) is 30.3 Å². The van der Waals surface area contributed by atoms with Crippen molar-refractivity contribution in [2.75, 3.05) is 0 Å². The molecule has 4 rings (SSSR count). The van der Waals surface area contributed by atoms with Crippen LogP contribution in [-0.4, -0.2) is 29.6 Å². The summed E-state index contributed by atoms with van der Waals surface area (Å²) in [5, 5.41) is 18.9. The van der Waals surface area contributed by atoms with Crippen LogP contribution in [0.4, 0.5) is 0 Å². The number of benzene rings is 1. The molecule has 0 atom stereocenters. The molecule has 3 heterocycles. The van der Waals surface area contributed by atoms with Gasteiger partial charge in [-0.1, -0.05) is 35.1 Å². The smallest absolute Gasteiger partial charge is 0.235 e. The van der Waals surface area contributed by atoms with Gasteiger partial charge in [0.05, 0.1) is 16.4 Å². The summed E-state index contributed by atoms with van der Waals surface area (Å²) in [6.07, 6.45) is 0. The highest BCUT2D eigenvalue weighted by Gasteiger charge is 2.17. The molecule has 110 valence electrons. The van der Waals surface area contributed by atoms with Gasteiger partial charge in [0.25, 0.3) is 0 Å². The maximum Gasteiger partial charge on any atom is 0.235 e. The van der Waals surface area contributed by atoms with Crippen LogP contribution >= 0.6 is 22.9 Å². The molecule has 0 radical (unpaired) electrons. The average Bonchev–Trinajstić information content (AvgIpc) is 3.13. The Balaban J connectivity index is 1.90. The van der Waals surface area contributed by atoms with Crippen LogP contribution in [0.25, 0.3) is 27.1 Å². The van der Waals surface area contributed by atoms with Gasteiger partial charge < -0.3 is 0 Å². The first kappa shape index (κ1) is 13.4. The van der Waals surface area contributed by atoms with Gasteiger partial charge in [0.1, 0.15) is 0 Å². The van der Waals surface area contributed by atoms with Crippen LogP contribution < -0.4 is 0 Å². The molecule has 0 saturated heterocycles. The summed E-state index contributed by atoms with van der Waals surface area (Å²) in [7, 11) is 1.90. The van der Waals surface area contributed by atoms with E-state index in [4.69, 9.17) is 11.6 Å². The summed E-state index contributed by atoms with van der Waals surface area (Å²) in [5.74, 6) is 0.641. The number of nitrogens with zero attached hydrogens (tertiary/aromatic N) is 6. The third kappa shape index (κ3) is 2.01. The van der Waals surface area contributed by atoms with Crippen molar-refractivity contribution in [2.45, 2.75) is 6.92 Å². The quantitative estimate of drug-likeness (QED) is 0.566. The van der Waals surface area contributed by atoms with Gasteiger partial charge in [-0.3, -0.25) is 4.68 Å². The van der Waals surface area contributed by atoms with Crippen molar-refractivity contribution in [1.82, 2.24) is 29.6 Å². The summed E-state index contributed by atoms with van der Waals surface area (Å²) < 4.78 is 3.54. The summed E-state index contributed by atoms with van der Waals surface area (Å²) in [6.45, 7) is 1.96. The zero-order chi connectivity index (χ0) is 15.3. The van der Waals surface area contributed by atoms with Crippen molar-refractivity contribution in [3.8, 4) is 22.1 Å². The first-order chi connectivity index (χ1) is 10.6. The van der Waals surface area contributed by atoms with Gasteiger partial charge in [-0.25, -0.2) is 0 Å². The number of aryl methyl sites for hydroxylation is 2. The zero-order valence-corrected chi connectivity index (χ0v) is 13.4. The Morgan fingerprint density at radius 2 is 1.95 bits per heavy atom. The predicted octanol–water partition coefficient (Wildman–Crippen LogP) is 3.22. The summed E-state index contributed by atoms with van der Waals surface area (Å²) in [6, 6.07) is 9.54. The Morgan fingerprint density at radius 1 is 1.14 bits per heavy atom. The molecule has 3 aromatic heterocycles. The fourth-order valence-electron chi connectivity index (χ4n) is 2.34. The molecule has 0 N–H and O–H groups in total. The number of hydrogen-bond donors (Lipinski definition) is 0. The summed E-state index contributed by atoms with van der Waals surface area (Å²) in [4.78, 5) is 0.726. The highest BCUT2D eigenvalue weighted by atomic mass is 35.5. The molecule has 0 amide bonds. The molecule has 0 fully saturated rings. The molecule has 0 aliphatic rings. The van der Waals surface area contributed by atoms with E-state index in [2.05, 4.69) is 20.4 Å². The zero-order valence-electron chi connectivity index (χ0n) is 11.9. The number of aromatic nitrogens is 6. The van der Waals surface area contributed by atoms with E-state index >= 15 is 0 Å². The van der Waals surface area contributed by atoms with Crippen molar-refractivity contribution in [3.05, 3.63) is 41.0 Å². The van der Waals surface area contributed by atoms with Crippen molar-refractivity contribution < 1.29 is 0 Å². The summed E-state index contributed by atoms with van der Waals surface area (Å²) in [5.41, 5.74) is 2.72. The third-order valence-corrected chi connectivity index (χ3v) is 4.58. The van der Waals surface area contributed by atoms with E-state index in [0.717, 1.165) is 26.9 Å². The van der Waals surface area contributed by atoms with Crippen LogP contribution in [0.2, 0.25) is 5.02 Å². The van der Waals surface area contributed by atoms with E-state index < -0.39 is 0 Å². The molecule has 1 aromatic carbocycles. The lowest BCUT2D eigenvalue weighted by molar-refractivity contribution is 0.761. The molecule has 0 unspecified atom stereocenters. The van der Waals surface area contributed by atoms with Crippen molar-refractivity contribution in [2.24, 2.45) is 7.05 Å². The van der Waals surface area contributed by atoms with Gasteiger partial charge in [-0.2, -0.15) is 14.7 Å². The number of fused-ring (bicyclic) bond motifs is 1. The maximum absolute atomic E-state index is 6.25. The van der Waals surface area contributed by atoms with Crippen molar-refractivity contribution in [3.63, 3.8) is 0 Å². The van der Waals surface area contributed by atoms with Crippen molar-refractivity contribution >= 4 is 27.9 Å². The molecule has 0 spiro atoms. The SMILES string of the molecule is Cc1cc(-c2nn3c(-c4ccccc4Cl)nnc3s2)n(C)n1. The topological polar surface area (TPSA) is 60.9 Å². The van der Waals surface area contributed by atoms with E-state index in [-0.39, 0.29) is 0 Å². The van der Waals surface area contributed by atoms with E-state index in [1.165, 1.54) is 11.3 Å². The number of halogens is 1. The van der Waals surface area contributed by atoms with Crippen LogP contribution in [0.1, 0.15) is 5.69 Å². The normalized spacial score (nSPS) is 11.4. The Hall–Kier alpha value is -2.25. The largest absolute Gasteiger partial charge is 0.265 e. The average molecular weight is 331 g/mol. The fourth-order valence-corrected chi connectivity index (χ4v) is 3.45. The Kier molecular flexibility index (Phi) is 2.98. The minimum atomic E-state index is 0.628. The third-order valence-electron chi connectivity index (χ3n) is 3.33. The molecule has 4 aromatic rings. The lowest BCUT2D eigenvalue weighted by Crippen LogP contribution is -1.95. The fraction of sp³-hybridized carbons (Fsp3) is 0.143. The molecule has 22 heavy (non-hydrogen) atoms. The molecular weight excluding hydrogens is 320 g/mol. The van der Waals surface area contributed by atoms with E-state index in [9.17, 15) is 0 Å². The van der Waals surface area contributed by atoms with Gasteiger partial charge >= 0.3 is 0 Å². The second-order valence-electron chi connectivity index (χ2n) is 4.90. The molecule has 6 nitrogen and oxygen atoms in total.